The third-order valence-electron chi connectivity index (χ3n) is 3.27. The zero-order chi connectivity index (χ0) is 17.8. The number of hydroxylamine groups is 1. The van der Waals surface area contributed by atoms with Gasteiger partial charge in [-0.3, -0.25) is 10.0 Å². The van der Waals surface area contributed by atoms with Gasteiger partial charge in [-0.25, -0.2) is 13.9 Å². The smallest absolute Gasteiger partial charge is 0.264 e. The lowest BCUT2D eigenvalue weighted by atomic mass is 10.1. The fourth-order valence-corrected chi connectivity index (χ4v) is 3.65. The molecular formula is C16H18N2O5S. The van der Waals surface area contributed by atoms with Gasteiger partial charge in [0.25, 0.3) is 5.91 Å². The van der Waals surface area contributed by atoms with Gasteiger partial charge in [0.05, 0.1) is 10.6 Å². The summed E-state index contributed by atoms with van der Waals surface area (Å²) in [5, 5.41) is 8.62. The van der Waals surface area contributed by atoms with E-state index in [0.717, 1.165) is 0 Å². The average Bonchev–Trinajstić information content (AvgIpc) is 2.54. The van der Waals surface area contributed by atoms with Gasteiger partial charge in [-0.1, -0.05) is 18.2 Å². The van der Waals surface area contributed by atoms with Gasteiger partial charge < -0.3 is 10.5 Å². The molecule has 0 radical (unpaired) electrons. The molecule has 0 saturated heterocycles. The van der Waals surface area contributed by atoms with Crippen LogP contribution >= 0.6 is 0 Å². The number of nitrogens with one attached hydrogen (secondary N) is 1. The maximum absolute atomic E-state index is 12.4. The minimum absolute atomic E-state index is 0.00493. The van der Waals surface area contributed by atoms with Crippen LogP contribution in [0.1, 0.15) is 6.92 Å². The number of ether oxygens (including phenoxy) is 1. The number of hydrogen-bond donors (Lipinski definition) is 3. The Bertz CT molecular complexity index is 802. The highest BCUT2D eigenvalue weighted by molar-refractivity contribution is 7.91. The number of hydrogen-bond acceptors (Lipinski definition) is 6. The first kappa shape index (κ1) is 17.9. The highest BCUT2D eigenvalue weighted by Gasteiger charge is 2.34. The van der Waals surface area contributed by atoms with E-state index in [9.17, 15) is 13.2 Å². The Morgan fingerprint density at radius 1 is 1.12 bits per heavy atom. The number of carbonyl (C=O) groups excluding carboxylic acids is 1. The van der Waals surface area contributed by atoms with E-state index >= 15 is 0 Å². The molecule has 0 aliphatic rings. The molecule has 0 aliphatic carbocycles. The molecule has 0 aliphatic heterocycles. The van der Waals surface area contributed by atoms with Crippen molar-refractivity contribution in [3.8, 4) is 11.5 Å². The Kier molecular flexibility index (Phi) is 5.23. The molecule has 2 rings (SSSR count). The van der Waals surface area contributed by atoms with Crippen molar-refractivity contribution in [2.45, 2.75) is 17.4 Å². The Labute approximate surface area is 139 Å². The Morgan fingerprint density at radius 2 is 1.67 bits per heavy atom. The van der Waals surface area contributed by atoms with Crippen LogP contribution in [-0.4, -0.2) is 30.8 Å². The summed E-state index contributed by atoms with van der Waals surface area (Å²) in [6.45, 7) is 1.23. The van der Waals surface area contributed by atoms with Gasteiger partial charge in [0.2, 0.25) is 0 Å². The standard InChI is InChI=1S/C16H18N2O5S/c1-16(17,15(19)18-20)11-24(21,22)14-9-7-13(8-10-14)23-12-5-3-2-4-6-12/h2-10,20H,11,17H2,1H3,(H,18,19). The summed E-state index contributed by atoms with van der Waals surface area (Å²) >= 11 is 0. The Morgan fingerprint density at radius 3 is 2.21 bits per heavy atom. The van der Waals surface area contributed by atoms with E-state index in [1.807, 2.05) is 18.2 Å². The van der Waals surface area contributed by atoms with Crippen LogP contribution in [0.3, 0.4) is 0 Å². The lowest BCUT2D eigenvalue weighted by Crippen LogP contribution is -2.55. The summed E-state index contributed by atoms with van der Waals surface area (Å²) in [5.74, 6) is -0.521. The van der Waals surface area contributed by atoms with E-state index in [1.54, 1.807) is 12.1 Å². The molecule has 0 spiro atoms. The molecule has 0 aromatic heterocycles. The normalized spacial score (nSPS) is 13.8. The van der Waals surface area contributed by atoms with Crippen LogP contribution < -0.4 is 16.0 Å². The van der Waals surface area contributed by atoms with Crippen molar-refractivity contribution in [3.05, 3.63) is 54.6 Å². The van der Waals surface area contributed by atoms with Crippen LogP contribution in [0.4, 0.5) is 0 Å². The zero-order valence-electron chi connectivity index (χ0n) is 13.0. The second kappa shape index (κ2) is 7.00. The summed E-state index contributed by atoms with van der Waals surface area (Å²) in [7, 11) is -3.82. The molecular weight excluding hydrogens is 332 g/mol. The second-order valence-electron chi connectivity index (χ2n) is 5.50. The number of sulfone groups is 1. The van der Waals surface area contributed by atoms with Crippen LogP contribution in [-0.2, 0) is 14.6 Å². The molecule has 2 aromatic carbocycles. The maximum Gasteiger partial charge on any atom is 0.264 e. The molecule has 0 fully saturated rings. The second-order valence-corrected chi connectivity index (χ2v) is 7.49. The van der Waals surface area contributed by atoms with Crippen molar-refractivity contribution < 1.29 is 23.2 Å². The van der Waals surface area contributed by atoms with Crippen molar-refractivity contribution in [1.82, 2.24) is 5.48 Å². The molecule has 1 amide bonds. The van der Waals surface area contributed by atoms with Crippen molar-refractivity contribution in [1.29, 1.82) is 0 Å². The van der Waals surface area contributed by atoms with Crippen LogP contribution in [0.5, 0.6) is 11.5 Å². The van der Waals surface area contributed by atoms with E-state index in [0.29, 0.717) is 11.5 Å². The summed E-state index contributed by atoms with van der Waals surface area (Å²) in [6, 6.07) is 14.8. The minimum Gasteiger partial charge on any atom is -0.457 e. The predicted octanol–water partition coefficient (Wildman–Crippen LogP) is 1.48. The van der Waals surface area contributed by atoms with E-state index in [4.69, 9.17) is 15.7 Å². The summed E-state index contributed by atoms with van der Waals surface area (Å²) < 4.78 is 30.3. The van der Waals surface area contributed by atoms with Crippen molar-refractivity contribution in [2.75, 3.05) is 5.75 Å². The average molecular weight is 350 g/mol. The van der Waals surface area contributed by atoms with E-state index in [2.05, 4.69) is 0 Å². The quantitative estimate of drug-likeness (QED) is 0.536. The maximum atomic E-state index is 12.4. The lowest BCUT2D eigenvalue weighted by Gasteiger charge is -2.21. The zero-order valence-corrected chi connectivity index (χ0v) is 13.8. The summed E-state index contributed by atoms with van der Waals surface area (Å²) in [4.78, 5) is 11.4. The molecule has 1 unspecified atom stereocenters. The number of benzene rings is 2. The first-order valence-electron chi connectivity index (χ1n) is 7.04. The van der Waals surface area contributed by atoms with Crippen molar-refractivity contribution in [2.24, 2.45) is 5.73 Å². The molecule has 7 nitrogen and oxygen atoms in total. The van der Waals surface area contributed by atoms with Gasteiger partial charge in [0.15, 0.2) is 9.84 Å². The van der Waals surface area contributed by atoms with Gasteiger partial charge in [0, 0.05) is 0 Å². The Balaban J connectivity index is 2.16. The van der Waals surface area contributed by atoms with Crippen molar-refractivity contribution >= 4 is 15.7 Å². The molecule has 8 heteroatoms. The third kappa shape index (κ3) is 4.31. The molecule has 128 valence electrons. The van der Waals surface area contributed by atoms with Crippen LogP contribution in [0.25, 0.3) is 0 Å². The fraction of sp³-hybridized carbons (Fsp3) is 0.188. The third-order valence-corrected chi connectivity index (χ3v) is 5.24. The molecule has 0 saturated carbocycles. The van der Waals surface area contributed by atoms with Crippen LogP contribution in [0.15, 0.2) is 59.5 Å². The van der Waals surface area contributed by atoms with Gasteiger partial charge in [0.1, 0.15) is 17.0 Å². The monoisotopic (exact) mass is 350 g/mol. The fourth-order valence-electron chi connectivity index (χ4n) is 2.01. The highest BCUT2D eigenvalue weighted by Crippen LogP contribution is 2.23. The summed E-state index contributed by atoms with van der Waals surface area (Å²) in [5.41, 5.74) is 5.26. The van der Waals surface area contributed by atoms with Gasteiger partial charge in [-0.05, 0) is 43.3 Å². The number of para-hydroxylation sites is 1. The van der Waals surface area contributed by atoms with E-state index in [1.165, 1.54) is 36.7 Å². The molecule has 1 atom stereocenters. The first-order chi connectivity index (χ1) is 11.2. The number of nitrogens with two attached hydrogens (primary N) is 1. The molecule has 0 heterocycles. The molecule has 2 aromatic rings. The first-order valence-corrected chi connectivity index (χ1v) is 8.69. The largest absolute Gasteiger partial charge is 0.457 e. The minimum atomic E-state index is -3.82. The highest BCUT2D eigenvalue weighted by atomic mass is 32.2. The van der Waals surface area contributed by atoms with Crippen LogP contribution in [0.2, 0.25) is 0 Å². The number of amides is 1. The number of carbonyl (C=O) groups is 1. The lowest BCUT2D eigenvalue weighted by molar-refractivity contribution is -0.133. The van der Waals surface area contributed by atoms with Gasteiger partial charge in [-0.2, -0.15) is 0 Å². The van der Waals surface area contributed by atoms with Crippen molar-refractivity contribution in [3.63, 3.8) is 0 Å². The van der Waals surface area contributed by atoms with E-state index < -0.39 is 27.0 Å². The molecule has 24 heavy (non-hydrogen) atoms. The molecule has 0 bridgehead atoms. The van der Waals surface area contributed by atoms with Crippen LogP contribution in [0, 0.1) is 0 Å². The topological polar surface area (TPSA) is 119 Å². The SMILES string of the molecule is CC(N)(CS(=O)(=O)c1ccc(Oc2ccccc2)cc1)C(=O)NO. The summed E-state index contributed by atoms with van der Waals surface area (Å²) in [6.07, 6.45) is 0. The predicted molar refractivity (Wildman–Crippen MR) is 87.5 cm³/mol. The number of rotatable bonds is 6. The van der Waals surface area contributed by atoms with E-state index in [-0.39, 0.29) is 4.90 Å². The van der Waals surface area contributed by atoms with Gasteiger partial charge >= 0.3 is 0 Å². The Hall–Kier alpha value is -2.42. The molecule has 4 N–H and O–H groups in total. The van der Waals surface area contributed by atoms with Gasteiger partial charge in [-0.15, -0.1) is 0 Å².